The molecule has 0 atom stereocenters. The number of pyridine rings is 1. The van der Waals surface area contributed by atoms with E-state index in [1.165, 1.54) is 25.7 Å². The summed E-state index contributed by atoms with van der Waals surface area (Å²) in [6.45, 7) is 6.39. The van der Waals surface area contributed by atoms with Crippen LogP contribution in [0.1, 0.15) is 65.2 Å². The first-order valence-electron chi connectivity index (χ1n) is 13.7. The molecule has 0 spiro atoms. The average Bonchev–Trinajstić information content (AvgIpc) is 3.27. The average molecular weight is 493 g/mol. The van der Waals surface area contributed by atoms with Crippen molar-refractivity contribution in [3.8, 4) is 0 Å². The molecule has 196 valence electrons. The molecule has 0 bridgehead atoms. The molecule has 7 nitrogen and oxygen atoms in total. The minimum atomic E-state index is 0.0212. The first-order valence-corrected chi connectivity index (χ1v) is 13.7. The Bertz CT molecular complexity index is 1150. The lowest BCUT2D eigenvalue weighted by Gasteiger charge is -2.37. The van der Waals surface area contributed by atoms with Gasteiger partial charge in [-0.2, -0.15) is 0 Å². The largest absolute Gasteiger partial charge is 0.330 e. The fraction of sp³-hybridized carbons (Fsp3) is 0.621. The van der Waals surface area contributed by atoms with E-state index in [0.717, 1.165) is 60.3 Å². The lowest BCUT2D eigenvalue weighted by Crippen LogP contribution is -2.40. The minimum absolute atomic E-state index is 0.0212. The van der Waals surface area contributed by atoms with Crippen molar-refractivity contribution >= 4 is 33.7 Å². The van der Waals surface area contributed by atoms with E-state index in [2.05, 4.69) is 65.7 Å². The number of para-hydroxylation sites is 1. The number of rotatable bonds is 11. The van der Waals surface area contributed by atoms with Gasteiger partial charge < -0.3 is 19.7 Å². The van der Waals surface area contributed by atoms with E-state index in [9.17, 15) is 4.79 Å². The number of benzene rings is 1. The quantitative estimate of drug-likeness (QED) is 0.356. The summed E-state index contributed by atoms with van der Waals surface area (Å²) in [5.41, 5.74) is 2.70. The highest BCUT2D eigenvalue weighted by atomic mass is 16.1. The molecule has 1 saturated carbocycles. The number of nitrogens with zero attached hydrogens (tertiary/aromatic N) is 5. The summed E-state index contributed by atoms with van der Waals surface area (Å²) in [6.07, 6.45) is 10.7. The van der Waals surface area contributed by atoms with Crippen molar-refractivity contribution in [3.05, 3.63) is 30.6 Å². The van der Waals surface area contributed by atoms with Crippen molar-refractivity contribution in [3.63, 3.8) is 0 Å². The summed E-state index contributed by atoms with van der Waals surface area (Å²) in [5, 5.41) is 4.14. The Morgan fingerprint density at radius 2 is 1.78 bits per heavy atom. The van der Waals surface area contributed by atoms with Crippen LogP contribution in [0.25, 0.3) is 21.9 Å². The zero-order chi connectivity index (χ0) is 25.7. The molecular formula is C29H44N6O. The van der Waals surface area contributed by atoms with Gasteiger partial charge in [0.15, 0.2) is 5.82 Å². The summed E-state index contributed by atoms with van der Waals surface area (Å²) in [7, 11) is 6.66. The van der Waals surface area contributed by atoms with Crippen LogP contribution in [0.15, 0.2) is 30.6 Å². The Morgan fingerprint density at radius 1 is 1.06 bits per heavy atom. The number of hydrogen-bond donors (Lipinski definition) is 1. The van der Waals surface area contributed by atoms with Gasteiger partial charge in [-0.1, -0.05) is 38.5 Å². The molecule has 3 aromatic rings. The molecule has 36 heavy (non-hydrogen) atoms. The zero-order valence-corrected chi connectivity index (χ0v) is 22.8. The smallest absolute Gasteiger partial charge is 0.225 e. The van der Waals surface area contributed by atoms with E-state index in [1.807, 2.05) is 24.5 Å². The topological polar surface area (TPSA) is 66.3 Å². The Morgan fingerprint density at radius 3 is 2.50 bits per heavy atom. The standard InChI is InChI=1S/C29H44N6O/c1-21(2)19-35-20-30-27-28(35)24-11-8-9-12-25(24)31-29(27)32-26(36)13-7-6-10-18-34(5)23-16-14-22(15-17-23)33(3)4/h8-9,11-12,20-23H,6-7,10,13-19H2,1-5H3,(H,31,32,36). The first kappa shape index (κ1) is 26.6. The number of carbonyl (C=O) groups is 1. The maximum absolute atomic E-state index is 12.8. The molecule has 1 amide bonds. The highest BCUT2D eigenvalue weighted by Gasteiger charge is 2.24. The lowest BCUT2D eigenvalue weighted by atomic mass is 9.89. The number of hydrogen-bond acceptors (Lipinski definition) is 5. The van der Waals surface area contributed by atoms with Gasteiger partial charge in [-0.05, 0) is 78.2 Å². The molecule has 1 aliphatic rings. The van der Waals surface area contributed by atoms with Crippen LogP contribution in [0.3, 0.4) is 0 Å². The molecule has 0 aliphatic heterocycles. The molecular weight excluding hydrogens is 448 g/mol. The molecule has 0 unspecified atom stereocenters. The number of imidazole rings is 1. The third-order valence-electron chi connectivity index (χ3n) is 7.71. The van der Waals surface area contributed by atoms with E-state index in [0.29, 0.717) is 24.2 Å². The number of fused-ring (bicyclic) bond motifs is 3. The molecule has 1 fully saturated rings. The molecule has 2 aromatic heterocycles. The second kappa shape index (κ2) is 12.2. The van der Waals surface area contributed by atoms with Gasteiger partial charge in [0, 0.05) is 30.4 Å². The molecule has 7 heteroatoms. The van der Waals surface area contributed by atoms with E-state index >= 15 is 0 Å². The van der Waals surface area contributed by atoms with Gasteiger partial charge in [-0.25, -0.2) is 9.97 Å². The summed E-state index contributed by atoms with van der Waals surface area (Å²) < 4.78 is 2.18. The van der Waals surface area contributed by atoms with E-state index < -0.39 is 0 Å². The van der Waals surface area contributed by atoms with Crippen LogP contribution < -0.4 is 5.32 Å². The molecule has 0 saturated heterocycles. The van der Waals surface area contributed by atoms with Crippen LogP contribution in [0.2, 0.25) is 0 Å². The van der Waals surface area contributed by atoms with Crippen LogP contribution in [0, 0.1) is 5.92 Å². The molecule has 0 radical (unpaired) electrons. The van der Waals surface area contributed by atoms with Gasteiger partial charge in [0.2, 0.25) is 5.91 Å². The molecule has 2 heterocycles. The number of unbranched alkanes of at least 4 members (excludes halogenated alkanes) is 2. The SMILES string of the molecule is CC(C)Cn1cnc2c(NC(=O)CCCCCN(C)C3CCC(N(C)C)CC3)nc3ccccc3c21. The van der Waals surface area contributed by atoms with Crippen LogP contribution in [0.4, 0.5) is 5.82 Å². The van der Waals surface area contributed by atoms with Crippen molar-refractivity contribution < 1.29 is 4.79 Å². The van der Waals surface area contributed by atoms with E-state index in [4.69, 9.17) is 4.98 Å². The van der Waals surface area contributed by atoms with Crippen molar-refractivity contribution in [1.82, 2.24) is 24.3 Å². The third kappa shape index (κ3) is 6.43. The normalized spacial score (nSPS) is 18.7. The van der Waals surface area contributed by atoms with Crippen LogP contribution in [0.5, 0.6) is 0 Å². The van der Waals surface area contributed by atoms with Crippen LogP contribution in [-0.2, 0) is 11.3 Å². The van der Waals surface area contributed by atoms with Crippen molar-refractivity contribution in [1.29, 1.82) is 0 Å². The summed E-state index contributed by atoms with van der Waals surface area (Å²) >= 11 is 0. The highest BCUT2D eigenvalue weighted by Crippen LogP contribution is 2.29. The number of carbonyl (C=O) groups excluding carboxylic acids is 1. The Hall–Kier alpha value is -2.51. The monoisotopic (exact) mass is 492 g/mol. The maximum Gasteiger partial charge on any atom is 0.225 e. The van der Waals surface area contributed by atoms with E-state index in [1.54, 1.807) is 0 Å². The number of nitrogens with one attached hydrogen (secondary N) is 1. The maximum atomic E-state index is 12.8. The van der Waals surface area contributed by atoms with Gasteiger partial charge >= 0.3 is 0 Å². The Labute approximate surface area is 216 Å². The van der Waals surface area contributed by atoms with Gasteiger partial charge in [0.05, 0.1) is 17.4 Å². The number of aromatic nitrogens is 3. The Kier molecular flexibility index (Phi) is 8.96. The fourth-order valence-electron chi connectivity index (χ4n) is 5.62. The van der Waals surface area contributed by atoms with Gasteiger partial charge in [0.1, 0.15) is 5.52 Å². The lowest BCUT2D eigenvalue weighted by molar-refractivity contribution is -0.116. The minimum Gasteiger partial charge on any atom is -0.330 e. The summed E-state index contributed by atoms with van der Waals surface area (Å²) in [6, 6.07) is 9.55. The molecule has 1 aliphatic carbocycles. The molecule has 1 aromatic carbocycles. The predicted octanol–water partition coefficient (Wildman–Crippen LogP) is 5.54. The van der Waals surface area contributed by atoms with Gasteiger partial charge in [-0.3, -0.25) is 4.79 Å². The zero-order valence-electron chi connectivity index (χ0n) is 22.8. The molecule has 1 N–H and O–H groups in total. The van der Waals surface area contributed by atoms with Crippen LogP contribution >= 0.6 is 0 Å². The third-order valence-corrected chi connectivity index (χ3v) is 7.71. The number of anilines is 1. The summed E-state index contributed by atoms with van der Waals surface area (Å²) in [5.74, 6) is 1.09. The van der Waals surface area contributed by atoms with Crippen molar-refractivity contribution in [2.24, 2.45) is 5.92 Å². The van der Waals surface area contributed by atoms with Crippen molar-refractivity contribution in [2.45, 2.75) is 83.8 Å². The Balaban J connectivity index is 1.28. The summed E-state index contributed by atoms with van der Waals surface area (Å²) in [4.78, 5) is 27.1. The van der Waals surface area contributed by atoms with Gasteiger partial charge in [-0.15, -0.1) is 0 Å². The fourth-order valence-corrected chi connectivity index (χ4v) is 5.62. The number of amides is 1. The molecule has 4 rings (SSSR count). The van der Waals surface area contributed by atoms with Gasteiger partial charge in [0.25, 0.3) is 0 Å². The van der Waals surface area contributed by atoms with E-state index in [-0.39, 0.29) is 5.91 Å². The second-order valence-corrected chi connectivity index (χ2v) is 11.2. The van der Waals surface area contributed by atoms with Crippen molar-refractivity contribution in [2.75, 3.05) is 33.0 Å². The second-order valence-electron chi connectivity index (χ2n) is 11.2. The first-order chi connectivity index (χ1) is 17.3. The highest BCUT2D eigenvalue weighted by molar-refractivity contribution is 6.09. The van der Waals surface area contributed by atoms with Crippen LogP contribution in [-0.4, -0.2) is 70.0 Å². The predicted molar refractivity (Wildman–Crippen MR) is 149 cm³/mol.